The molecule has 3 aromatic carbocycles. The average Bonchev–Trinajstić information content (AvgIpc) is 2.97. The lowest BCUT2D eigenvalue weighted by molar-refractivity contribution is -0.121. The lowest BCUT2D eigenvalue weighted by atomic mass is 9.85. The number of nitrogens with zero attached hydrogens (tertiary/aromatic N) is 1. The van der Waals surface area contributed by atoms with Gasteiger partial charge in [0.15, 0.2) is 5.54 Å². The number of carbonyl (C=O) groups is 2. The Kier molecular flexibility index (Phi) is 5.43. The third-order valence-corrected chi connectivity index (χ3v) is 5.75. The Morgan fingerprint density at radius 3 is 2.45 bits per heavy atom. The number of amides is 1. The summed E-state index contributed by atoms with van der Waals surface area (Å²) < 4.78 is 5.64. The predicted molar refractivity (Wildman–Crippen MR) is 119 cm³/mol. The first-order valence-corrected chi connectivity index (χ1v) is 10.2. The van der Waals surface area contributed by atoms with Gasteiger partial charge in [-0.05, 0) is 48.9 Å². The number of anilines is 1. The molecule has 0 saturated carbocycles. The summed E-state index contributed by atoms with van der Waals surface area (Å²) in [5, 5.41) is 9.52. The lowest BCUT2D eigenvalue weighted by Gasteiger charge is -2.26. The summed E-state index contributed by atoms with van der Waals surface area (Å²) in [6.45, 7) is 2.61. The molecule has 0 aromatic heterocycles. The van der Waals surface area contributed by atoms with Crippen LogP contribution in [0.5, 0.6) is 5.75 Å². The number of hydrogen-bond acceptors (Lipinski definition) is 4. The number of carboxylic acid groups (broad SMARTS) is 1. The number of ether oxygens (including phenoxy) is 1. The van der Waals surface area contributed by atoms with Crippen molar-refractivity contribution in [2.45, 2.75) is 19.0 Å². The van der Waals surface area contributed by atoms with Gasteiger partial charge in [-0.25, -0.2) is 4.79 Å². The largest absolute Gasteiger partial charge is 0.494 e. The average molecular weight is 437 g/mol. The van der Waals surface area contributed by atoms with Crippen LogP contribution in [-0.2, 0) is 16.9 Å². The molecule has 6 nitrogen and oxygen atoms in total. The molecule has 0 fully saturated rings. The molecule has 0 radical (unpaired) electrons. The van der Waals surface area contributed by atoms with Crippen LogP contribution >= 0.6 is 11.6 Å². The first-order valence-electron chi connectivity index (χ1n) is 9.81. The van der Waals surface area contributed by atoms with Crippen molar-refractivity contribution in [2.75, 3.05) is 11.5 Å². The van der Waals surface area contributed by atoms with Crippen molar-refractivity contribution in [2.24, 2.45) is 5.73 Å². The van der Waals surface area contributed by atoms with E-state index in [0.717, 1.165) is 5.56 Å². The maximum atomic E-state index is 13.7. The molecular weight excluding hydrogens is 416 g/mol. The Balaban J connectivity index is 1.81. The fourth-order valence-electron chi connectivity index (χ4n) is 3.89. The third-order valence-electron chi connectivity index (χ3n) is 5.42. The molecule has 1 amide bonds. The third kappa shape index (κ3) is 3.54. The van der Waals surface area contributed by atoms with Gasteiger partial charge in [-0.2, -0.15) is 0 Å². The van der Waals surface area contributed by atoms with Crippen molar-refractivity contribution < 1.29 is 19.4 Å². The van der Waals surface area contributed by atoms with E-state index in [9.17, 15) is 9.59 Å². The summed E-state index contributed by atoms with van der Waals surface area (Å²) >= 11 is 6.44. The first kappa shape index (κ1) is 20.9. The van der Waals surface area contributed by atoms with Crippen LogP contribution in [0.1, 0.15) is 34.0 Å². The van der Waals surface area contributed by atoms with E-state index >= 15 is 0 Å². The van der Waals surface area contributed by atoms with Gasteiger partial charge >= 0.3 is 5.97 Å². The number of halogens is 1. The Morgan fingerprint density at radius 1 is 1.10 bits per heavy atom. The zero-order chi connectivity index (χ0) is 22.2. The molecule has 1 aliphatic rings. The summed E-state index contributed by atoms with van der Waals surface area (Å²) in [5.74, 6) is -0.701. The Morgan fingerprint density at radius 2 is 1.81 bits per heavy atom. The number of hydrogen-bond donors (Lipinski definition) is 2. The van der Waals surface area contributed by atoms with Gasteiger partial charge in [-0.3, -0.25) is 4.79 Å². The van der Waals surface area contributed by atoms with Gasteiger partial charge in [0.1, 0.15) is 5.75 Å². The van der Waals surface area contributed by atoms with Gasteiger partial charge in [0.25, 0.3) is 5.91 Å². The van der Waals surface area contributed by atoms with Crippen LogP contribution in [-0.4, -0.2) is 23.6 Å². The second-order valence-corrected chi connectivity index (χ2v) is 7.70. The second kappa shape index (κ2) is 8.06. The number of carboxylic acids is 1. The molecule has 1 aliphatic heterocycles. The predicted octanol–water partition coefficient (Wildman–Crippen LogP) is 4.19. The van der Waals surface area contributed by atoms with Crippen molar-refractivity contribution >= 4 is 29.2 Å². The fraction of sp³-hybridized carbons (Fsp3) is 0.167. The highest BCUT2D eigenvalue weighted by molar-refractivity contribution is 6.32. The fourth-order valence-corrected chi connectivity index (χ4v) is 4.18. The normalized spacial score (nSPS) is 17.5. The molecular formula is C24H21ClN2O4. The van der Waals surface area contributed by atoms with Crippen molar-refractivity contribution in [3.05, 3.63) is 94.0 Å². The van der Waals surface area contributed by atoms with E-state index < -0.39 is 11.5 Å². The summed E-state index contributed by atoms with van der Waals surface area (Å²) in [5.41, 5.74) is 8.08. The van der Waals surface area contributed by atoms with E-state index in [1.807, 2.05) is 13.0 Å². The zero-order valence-electron chi connectivity index (χ0n) is 16.8. The maximum Gasteiger partial charge on any atom is 0.335 e. The van der Waals surface area contributed by atoms with Gasteiger partial charge in [0, 0.05) is 16.1 Å². The van der Waals surface area contributed by atoms with Gasteiger partial charge in [-0.1, -0.05) is 41.9 Å². The van der Waals surface area contributed by atoms with Crippen LogP contribution in [0, 0.1) is 0 Å². The van der Waals surface area contributed by atoms with Gasteiger partial charge in [0.05, 0.1) is 24.4 Å². The number of aromatic carboxylic acids is 1. The standard InChI is InChI=1S/C24H21ClN2O4/c1-2-31-17-11-12-21-19(13-17)24(26,18-5-3-4-6-20(18)25)23(30)27(21)14-15-7-9-16(10-8-15)22(28)29/h3-13H,2,14,26H2,1H3,(H,28,29). The Labute approximate surface area is 184 Å². The van der Waals surface area contributed by atoms with Gasteiger partial charge in [0.2, 0.25) is 0 Å². The topological polar surface area (TPSA) is 92.9 Å². The summed E-state index contributed by atoms with van der Waals surface area (Å²) in [6, 6.07) is 18.9. The molecule has 4 rings (SSSR count). The molecule has 3 aromatic rings. The van der Waals surface area contributed by atoms with E-state index in [1.165, 1.54) is 12.1 Å². The number of nitrogens with two attached hydrogens (primary N) is 1. The van der Waals surface area contributed by atoms with Crippen LogP contribution in [0.4, 0.5) is 5.69 Å². The van der Waals surface area contributed by atoms with Crippen molar-refractivity contribution in [3.63, 3.8) is 0 Å². The summed E-state index contributed by atoms with van der Waals surface area (Å²) in [4.78, 5) is 26.4. The van der Waals surface area contributed by atoms with Crippen LogP contribution < -0.4 is 15.4 Å². The summed E-state index contributed by atoms with van der Waals surface area (Å²) in [6.07, 6.45) is 0. The molecule has 1 unspecified atom stereocenters. The SMILES string of the molecule is CCOc1ccc2c(c1)C(N)(c1ccccc1Cl)C(=O)N2Cc1ccc(C(=O)O)cc1. The smallest absolute Gasteiger partial charge is 0.335 e. The molecule has 1 atom stereocenters. The molecule has 0 saturated heterocycles. The highest BCUT2D eigenvalue weighted by atomic mass is 35.5. The van der Waals surface area contributed by atoms with E-state index in [-0.39, 0.29) is 18.0 Å². The van der Waals surface area contributed by atoms with Crippen LogP contribution in [0.3, 0.4) is 0 Å². The molecule has 0 bridgehead atoms. The zero-order valence-corrected chi connectivity index (χ0v) is 17.6. The summed E-state index contributed by atoms with van der Waals surface area (Å²) in [7, 11) is 0. The van der Waals surface area contributed by atoms with Crippen LogP contribution in [0.25, 0.3) is 0 Å². The minimum absolute atomic E-state index is 0.183. The number of rotatable bonds is 6. The van der Waals surface area contributed by atoms with E-state index in [2.05, 4.69) is 0 Å². The second-order valence-electron chi connectivity index (χ2n) is 7.29. The van der Waals surface area contributed by atoms with Crippen molar-refractivity contribution in [1.82, 2.24) is 0 Å². The molecule has 3 N–H and O–H groups in total. The van der Waals surface area contributed by atoms with Crippen LogP contribution in [0.15, 0.2) is 66.7 Å². The molecule has 0 aliphatic carbocycles. The minimum Gasteiger partial charge on any atom is -0.494 e. The van der Waals surface area contributed by atoms with E-state index in [1.54, 1.807) is 53.4 Å². The highest BCUT2D eigenvalue weighted by Gasteiger charge is 2.50. The minimum atomic E-state index is -1.47. The van der Waals surface area contributed by atoms with Gasteiger partial charge in [-0.15, -0.1) is 0 Å². The maximum absolute atomic E-state index is 13.7. The lowest BCUT2D eigenvalue weighted by Crippen LogP contribution is -2.48. The Bertz CT molecular complexity index is 1160. The number of benzene rings is 3. The molecule has 0 spiro atoms. The quantitative estimate of drug-likeness (QED) is 0.604. The van der Waals surface area contributed by atoms with E-state index in [4.69, 9.17) is 27.2 Å². The molecule has 158 valence electrons. The highest BCUT2D eigenvalue weighted by Crippen LogP contribution is 2.46. The van der Waals surface area contributed by atoms with E-state index in [0.29, 0.717) is 34.2 Å². The Hall–Kier alpha value is -3.35. The van der Waals surface area contributed by atoms with Crippen molar-refractivity contribution in [3.8, 4) is 5.75 Å². The van der Waals surface area contributed by atoms with Crippen LogP contribution in [0.2, 0.25) is 5.02 Å². The number of fused-ring (bicyclic) bond motifs is 1. The molecule has 31 heavy (non-hydrogen) atoms. The molecule has 7 heteroatoms. The molecule has 1 heterocycles. The van der Waals surface area contributed by atoms with Gasteiger partial charge < -0.3 is 20.5 Å². The van der Waals surface area contributed by atoms with Crippen molar-refractivity contribution in [1.29, 1.82) is 0 Å². The number of carbonyl (C=O) groups excluding carboxylic acids is 1. The first-order chi connectivity index (χ1) is 14.9. The monoisotopic (exact) mass is 436 g/mol.